The lowest BCUT2D eigenvalue weighted by atomic mass is 10.2. The van der Waals surface area contributed by atoms with Crippen molar-refractivity contribution in [1.29, 1.82) is 0 Å². The zero-order chi connectivity index (χ0) is 62.2. The standard InChI is InChI=1S/2C32H35N5O6S/c2*1-22-18-33-29(34-19-22)17-25(15-16-42-20-24-9-6-5-7-10-24)44(38,39)21-30-35-36-32(28-14-13-23(2)43-28)37(30)31-26(40-3)11-8-12-27(31)41-4/h2*5-14,18-19,25H,15-17,20-21H2,1-4H3/t2*25-/m10/s1. The number of nitrogens with zero attached hydrogens (tertiary/aromatic N) is 10. The molecule has 0 N–H and O–H groups in total. The van der Waals surface area contributed by atoms with Crippen molar-refractivity contribution >= 4 is 19.7 Å². The largest absolute Gasteiger partial charge is 0.494 e. The van der Waals surface area contributed by atoms with Gasteiger partial charge >= 0.3 is 0 Å². The Balaban J connectivity index is 0.000000209. The number of aromatic nitrogens is 10. The molecule has 10 rings (SSSR count). The van der Waals surface area contributed by atoms with E-state index < -0.39 is 41.7 Å². The van der Waals surface area contributed by atoms with Crippen LogP contribution in [0.25, 0.3) is 34.5 Å². The van der Waals surface area contributed by atoms with E-state index in [-0.39, 0.29) is 50.5 Å². The van der Waals surface area contributed by atoms with Gasteiger partial charge < -0.3 is 37.3 Å². The van der Waals surface area contributed by atoms with E-state index in [4.69, 9.17) is 37.3 Å². The number of para-hydroxylation sites is 2. The van der Waals surface area contributed by atoms with Crippen molar-refractivity contribution < 1.29 is 54.1 Å². The number of furan rings is 2. The Kier molecular flexibility index (Phi) is 21.3. The van der Waals surface area contributed by atoms with E-state index in [1.54, 1.807) is 94.6 Å². The minimum atomic E-state index is -3.86. The number of sulfone groups is 2. The van der Waals surface area contributed by atoms with Crippen LogP contribution in [0, 0.1) is 27.7 Å². The maximum Gasteiger partial charge on any atom is 0.204 e. The number of rotatable bonds is 28. The van der Waals surface area contributed by atoms with Crippen LogP contribution in [0.3, 0.4) is 0 Å². The van der Waals surface area contributed by atoms with Crippen molar-refractivity contribution in [2.45, 2.75) is 88.6 Å². The van der Waals surface area contributed by atoms with Crippen LogP contribution in [-0.2, 0) is 66.7 Å². The molecular weight excluding hydrogens is 1160 g/mol. The first-order valence-corrected chi connectivity index (χ1v) is 31.7. The lowest BCUT2D eigenvalue weighted by Gasteiger charge is -2.19. The molecule has 6 aromatic heterocycles. The highest BCUT2D eigenvalue weighted by molar-refractivity contribution is 7.91. The zero-order valence-corrected chi connectivity index (χ0v) is 51.9. The number of hydrogen-bond donors (Lipinski definition) is 0. The molecule has 24 heteroatoms. The molecule has 4 aromatic carbocycles. The molecule has 0 fully saturated rings. The van der Waals surface area contributed by atoms with E-state index in [1.807, 2.05) is 88.4 Å². The molecule has 88 heavy (non-hydrogen) atoms. The van der Waals surface area contributed by atoms with Crippen LogP contribution in [0.15, 0.2) is 155 Å². The Bertz CT molecular complexity index is 3790. The summed E-state index contributed by atoms with van der Waals surface area (Å²) in [5, 5.41) is 15.7. The van der Waals surface area contributed by atoms with Crippen LogP contribution in [0.4, 0.5) is 0 Å². The summed E-state index contributed by atoms with van der Waals surface area (Å²) in [5.41, 5.74) is 4.71. The van der Waals surface area contributed by atoms with Crippen molar-refractivity contribution in [3.05, 3.63) is 203 Å². The molecule has 0 radical (unpaired) electrons. The summed E-state index contributed by atoms with van der Waals surface area (Å²) in [6.45, 7) is 8.61. The monoisotopic (exact) mass is 1230 g/mol. The Morgan fingerprint density at radius 2 is 0.795 bits per heavy atom. The average Bonchev–Trinajstić information content (AvgIpc) is 1.98. The molecular formula is C64H70N10O12S2. The molecule has 0 aliphatic carbocycles. The first-order chi connectivity index (χ1) is 42.6. The van der Waals surface area contributed by atoms with Crippen molar-refractivity contribution in [1.82, 2.24) is 49.5 Å². The predicted molar refractivity (Wildman–Crippen MR) is 329 cm³/mol. The third-order valence-electron chi connectivity index (χ3n) is 14.2. The van der Waals surface area contributed by atoms with Gasteiger partial charge in [0.1, 0.15) is 69.0 Å². The Morgan fingerprint density at radius 3 is 1.11 bits per heavy atom. The number of methoxy groups -OCH3 is 4. The summed E-state index contributed by atoms with van der Waals surface area (Å²) < 4.78 is 106. The fourth-order valence-electron chi connectivity index (χ4n) is 9.65. The van der Waals surface area contributed by atoms with Gasteiger partial charge in [0, 0.05) is 50.8 Å². The Labute approximate surface area is 511 Å². The van der Waals surface area contributed by atoms with Crippen molar-refractivity contribution in [2.75, 3.05) is 41.7 Å². The summed E-state index contributed by atoms with van der Waals surface area (Å²) in [7, 11) is -1.59. The van der Waals surface area contributed by atoms with Gasteiger partial charge in [-0.05, 0) is 111 Å². The molecule has 2 atom stereocenters. The second-order valence-electron chi connectivity index (χ2n) is 20.7. The number of benzene rings is 4. The van der Waals surface area contributed by atoms with Crippen LogP contribution in [-0.4, -0.2) is 118 Å². The van der Waals surface area contributed by atoms with E-state index in [0.717, 1.165) is 22.3 Å². The van der Waals surface area contributed by atoms with Crippen LogP contribution in [0.1, 0.15) is 69.9 Å². The molecule has 22 nitrogen and oxygen atoms in total. The summed E-state index contributed by atoms with van der Waals surface area (Å²) in [4.78, 5) is 17.5. The molecule has 0 unspecified atom stereocenters. The summed E-state index contributed by atoms with van der Waals surface area (Å²) in [6, 6.07) is 37.2. The lowest BCUT2D eigenvalue weighted by Crippen LogP contribution is -2.29. The fourth-order valence-corrected chi connectivity index (χ4v) is 12.9. The van der Waals surface area contributed by atoms with Gasteiger partial charge in [-0.1, -0.05) is 72.8 Å². The maximum atomic E-state index is 14.2. The summed E-state index contributed by atoms with van der Waals surface area (Å²) in [5.74, 6) is 5.00. The van der Waals surface area contributed by atoms with Crippen LogP contribution < -0.4 is 18.9 Å². The fraction of sp³-hybridized carbons (Fsp3) is 0.312. The van der Waals surface area contributed by atoms with Gasteiger partial charge in [-0.15, -0.1) is 20.4 Å². The highest BCUT2D eigenvalue weighted by Crippen LogP contribution is 2.39. The average molecular weight is 1240 g/mol. The van der Waals surface area contributed by atoms with E-state index in [0.29, 0.717) is 93.9 Å². The minimum Gasteiger partial charge on any atom is -0.494 e. The Hall–Kier alpha value is -9.10. The lowest BCUT2D eigenvalue weighted by molar-refractivity contribution is 0.117. The quantitative estimate of drug-likeness (QED) is 0.0413. The molecule has 0 aliphatic rings. The van der Waals surface area contributed by atoms with Crippen LogP contribution >= 0.6 is 0 Å². The SMILES string of the molecule is COc1cccc(OC)c1-n1c(CS(=O)(=O)[C@@H](CCOCc2ccccc2)Cc2ncc(C)cn2)nnc1-c1ccc(C)o1.COc1cccc(OC)c1-n1c(CS(=O)(=O)[C@H](CCOCc2ccccc2)Cc2ncc(C)cn2)nnc1-c1ccc(C)o1. The van der Waals surface area contributed by atoms with Gasteiger partial charge in [0.25, 0.3) is 0 Å². The maximum absolute atomic E-state index is 14.2. The van der Waals surface area contributed by atoms with E-state index in [9.17, 15) is 16.8 Å². The van der Waals surface area contributed by atoms with Crippen LogP contribution in [0.2, 0.25) is 0 Å². The van der Waals surface area contributed by atoms with Crippen molar-refractivity contribution in [2.24, 2.45) is 0 Å². The second kappa shape index (κ2) is 29.5. The normalized spacial score (nSPS) is 12.3. The van der Waals surface area contributed by atoms with Gasteiger partial charge in [-0.2, -0.15) is 0 Å². The van der Waals surface area contributed by atoms with Crippen molar-refractivity contribution in [3.8, 4) is 57.5 Å². The van der Waals surface area contributed by atoms with Gasteiger partial charge in [0.05, 0.1) is 52.2 Å². The zero-order valence-electron chi connectivity index (χ0n) is 50.3. The first-order valence-electron chi connectivity index (χ1n) is 28.2. The molecule has 0 spiro atoms. The van der Waals surface area contributed by atoms with Gasteiger partial charge in [-0.25, -0.2) is 36.8 Å². The van der Waals surface area contributed by atoms with Gasteiger partial charge in [-0.3, -0.25) is 9.13 Å². The predicted octanol–water partition coefficient (Wildman–Crippen LogP) is 10.2. The first kappa shape index (κ1) is 63.4. The highest BCUT2D eigenvalue weighted by atomic mass is 32.2. The second-order valence-corrected chi connectivity index (χ2v) is 25.2. The van der Waals surface area contributed by atoms with E-state index >= 15 is 0 Å². The number of hydrogen-bond acceptors (Lipinski definition) is 20. The number of aryl methyl sites for hydroxylation is 4. The molecule has 0 aliphatic heterocycles. The Morgan fingerprint density at radius 1 is 0.443 bits per heavy atom. The summed E-state index contributed by atoms with van der Waals surface area (Å²) in [6.07, 6.45) is 7.44. The molecule has 6 heterocycles. The molecule has 0 amide bonds. The van der Waals surface area contributed by atoms with Crippen LogP contribution in [0.5, 0.6) is 23.0 Å². The van der Waals surface area contributed by atoms with Gasteiger partial charge in [0.2, 0.25) is 11.6 Å². The molecule has 10 aromatic rings. The summed E-state index contributed by atoms with van der Waals surface area (Å²) >= 11 is 0. The topological polar surface area (TPSA) is 263 Å². The third kappa shape index (κ3) is 15.9. The van der Waals surface area contributed by atoms with Crippen molar-refractivity contribution in [3.63, 3.8) is 0 Å². The minimum absolute atomic E-state index is 0.119. The smallest absolute Gasteiger partial charge is 0.204 e. The van der Waals surface area contributed by atoms with E-state index in [2.05, 4.69) is 40.3 Å². The molecule has 0 bridgehead atoms. The molecule has 0 saturated heterocycles. The highest BCUT2D eigenvalue weighted by Gasteiger charge is 2.34. The number of ether oxygens (including phenoxy) is 6. The van der Waals surface area contributed by atoms with E-state index in [1.165, 1.54) is 28.4 Å². The molecule has 460 valence electrons. The van der Waals surface area contributed by atoms with Gasteiger partial charge in [0.15, 0.2) is 42.8 Å². The third-order valence-corrected chi connectivity index (χ3v) is 18.3. The molecule has 0 saturated carbocycles.